The first-order valence-corrected chi connectivity index (χ1v) is 12.7. The van der Waals surface area contributed by atoms with Crippen LogP contribution in [-0.4, -0.2) is 63.2 Å². The molecule has 3 aromatic rings. The van der Waals surface area contributed by atoms with E-state index in [-0.39, 0.29) is 11.9 Å². The fraction of sp³-hybridized carbons (Fsp3) is 0.400. The number of methoxy groups -OCH3 is 2. The maximum absolute atomic E-state index is 13.0. The number of nitrogens with zero attached hydrogens (tertiary/aromatic N) is 2. The van der Waals surface area contributed by atoms with Crippen molar-refractivity contribution in [1.29, 1.82) is 0 Å². The van der Waals surface area contributed by atoms with E-state index >= 15 is 0 Å². The molecule has 1 fully saturated rings. The first-order chi connectivity index (χ1) is 15.9. The van der Waals surface area contributed by atoms with E-state index in [9.17, 15) is 4.79 Å². The molecule has 1 N–H and O–H groups in total. The first kappa shape index (κ1) is 23.8. The number of ether oxygens (including phenoxy) is 2. The van der Waals surface area contributed by atoms with E-state index in [1.165, 1.54) is 21.8 Å². The van der Waals surface area contributed by atoms with Crippen LogP contribution in [0.25, 0.3) is 0 Å². The number of rotatable bonds is 7. The maximum atomic E-state index is 13.0. The van der Waals surface area contributed by atoms with Crippen molar-refractivity contribution in [2.45, 2.75) is 19.9 Å². The van der Waals surface area contributed by atoms with Crippen molar-refractivity contribution in [2.75, 3.05) is 52.8 Å². The van der Waals surface area contributed by atoms with Gasteiger partial charge in [-0.05, 0) is 44.0 Å². The van der Waals surface area contributed by atoms with Crippen LogP contribution in [0.4, 0.5) is 5.00 Å². The second-order valence-corrected chi connectivity index (χ2v) is 10.5. The number of para-hydroxylation sites is 1. The number of aryl methyl sites for hydroxylation is 1. The Bertz CT molecular complexity index is 1100. The van der Waals surface area contributed by atoms with Crippen molar-refractivity contribution in [3.8, 4) is 11.5 Å². The molecule has 0 spiro atoms. The van der Waals surface area contributed by atoms with E-state index in [4.69, 9.17) is 9.47 Å². The highest BCUT2D eigenvalue weighted by Crippen LogP contribution is 2.46. The van der Waals surface area contributed by atoms with Gasteiger partial charge >= 0.3 is 0 Å². The summed E-state index contributed by atoms with van der Waals surface area (Å²) in [6, 6.07) is 9.75. The Morgan fingerprint density at radius 1 is 1.06 bits per heavy atom. The van der Waals surface area contributed by atoms with Crippen LogP contribution in [0, 0.1) is 13.8 Å². The summed E-state index contributed by atoms with van der Waals surface area (Å²) in [7, 11) is 5.51. The van der Waals surface area contributed by atoms with Gasteiger partial charge in [0.2, 0.25) is 0 Å². The summed E-state index contributed by atoms with van der Waals surface area (Å²) in [6.45, 7) is 8.10. The molecule has 0 aliphatic carbocycles. The molecule has 1 aliphatic rings. The number of hydrogen-bond donors (Lipinski definition) is 1. The van der Waals surface area contributed by atoms with Crippen LogP contribution in [-0.2, 0) is 0 Å². The van der Waals surface area contributed by atoms with E-state index < -0.39 is 0 Å². The Balaban J connectivity index is 1.84. The molecule has 1 atom stereocenters. The number of nitrogens with one attached hydrogen (secondary N) is 1. The average molecular weight is 486 g/mol. The molecular weight excluding hydrogens is 454 g/mol. The van der Waals surface area contributed by atoms with Crippen molar-refractivity contribution < 1.29 is 14.3 Å². The third-order valence-electron chi connectivity index (χ3n) is 6.31. The highest BCUT2D eigenvalue weighted by Gasteiger charge is 2.33. The van der Waals surface area contributed by atoms with Crippen molar-refractivity contribution in [3.05, 3.63) is 62.2 Å². The molecule has 1 amide bonds. The minimum Gasteiger partial charge on any atom is -0.493 e. The van der Waals surface area contributed by atoms with E-state index in [0.29, 0.717) is 10.6 Å². The van der Waals surface area contributed by atoms with Gasteiger partial charge in [-0.15, -0.1) is 22.7 Å². The lowest BCUT2D eigenvalue weighted by Gasteiger charge is -2.39. The van der Waals surface area contributed by atoms with Gasteiger partial charge in [0.15, 0.2) is 11.5 Å². The third kappa shape index (κ3) is 4.80. The van der Waals surface area contributed by atoms with Gasteiger partial charge in [0.05, 0.1) is 25.1 Å². The number of carbonyl (C=O) groups is 1. The summed E-state index contributed by atoms with van der Waals surface area (Å²) < 4.78 is 11.5. The molecular formula is C25H31N3O3S2. The molecule has 0 unspecified atom stereocenters. The Kier molecular flexibility index (Phi) is 7.38. The number of benzene rings is 1. The van der Waals surface area contributed by atoms with Gasteiger partial charge in [0.25, 0.3) is 5.91 Å². The third-order valence-corrected chi connectivity index (χ3v) is 8.32. The molecule has 4 rings (SSSR count). The van der Waals surface area contributed by atoms with E-state index in [0.717, 1.165) is 48.1 Å². The van der Waals surface area contributed by atoms with Gasteiger partial charge in [-0.3, -0.25) is 9.69 Å². The van der Waals surface area contributed by atoms with Crippen LogP contribution in [0.1, 0.15) is 37.3 Å². The van der Waals surface area contributed by atoms with Gasteiger partial charge in [-0.1, -0.05) is 18.2 Å². The van der Waals surface area contributed by atoms with Crippen LogP contribution in [0.15, 0.2) is 35.7 Å². The highest BCUT2D eigenvalue weighted by molar-refractivity contribution is 7.17. The fourth-order valence-electron chi connectivity index (χ4n) is 4.38. The molecule has 1 aromatic carbocycles. The molecule has 8 heteroatoms. The van der Waals surface area contributed by atoms with Crippen molar-refractivity contribution in [3.63, 3.8) is 0 Å². The number of piperazine rings is 1. The molecule has 33 heavy (non-hydrogen) atoms. The minimum absolute atomic E-state index is 0.0627. The van der Waals surface area contributed by atoms with Crippen molar-refractivity contribution in [2.24, 2.45) is 0 Å². The maximum Gasteiger partial charge on any atom is 0.266 e. The van der Waals surface area contributed by atoms with Crippen LogP contribution in [0.5, 0.6) is 11.5 Å². The topological polar surface area (TPSA) is 54.0 Å². The molecule has 0 radical (unpaired) electrons. The predicted octanol–water partition coefficient (Wildman–Crippen LogP) is 5.03. The lowest BCUT2D eigenvalue weighted by molar-refractivity contribution is 0.103. The molecule has 176 valence electrons. The summed E-state index contributed by atoms with van der Waals surface area (Å²) >= 11 is 3.09. The van der Waals surface area contributed by atoms with Crippen LogP contribution >= 0.6 is 22.7 Å². The molecule has 2 aromatic heterocycles. The van der Waals surface area contributed by atoms with E-state index in [1.54, 1.807) is 25.6 Å². The average Bonchev–Trinajstić information content (AvgIpc) is 3.45. The number of carbonyl (C=O) groups excluding carboxylic acids is 1. The molecule has 6 nitrogen and oxygen atoms in total. The summed E-state index contributed by atoms with van der Waals surface area (Å²) in [5.74, 6) is 1.38. The normalized spacial score (nSPS) is 15.9. The summed E-state index contributed by atoms with van der Waals surface area (Å²) in [5, 5.41) is 6.05. The van der Waals surface area contributed by atoms with E-state index in [2.05, 4.69) is 42.1 Å². The van der Waals surface area contributed by atoms with Crippen molar-refractivity contribution >= 4 is 33.6 Å². The molecule has 3 heterocycles. The van der Waals surface area contributed by atoms with Gasteiger partial charge in [0.1, 0.15) is 5.00 Å². The van der Waals surface area contributed by atoms with Crippen LogP contribution in [0.2, 0.25) is 0 Å². The highest BCUT2D eigenvalue weighted by atomic mass is 32.1. The number of thiophene rings is 2. The van der Waals surface area contributed by atoms with Crippen LogP contribution in [0.3, 0.4) is 0 Å². The monoisotopic (exact) mass is 485 g/mol. The Labute approximate surface area is 203 Å². The lowest BCUT2D eigenvalue weighted by Crippen LogP contribution is -2.46. The summed E-state index contributed by atoms with van der Waals surface area (Å²) in [4.78, 5) is 19.7. The standard InChI is InChI=1S/C25H31N3O3S2/c1-16-17(2)33-25(26-24(29)20-10-7-15-32-20)21(16)22(28-13-11-27(3)12-14-28)18-8-6-9-19(30-4)23(18)31-5/h6-10,15,22H,11-14H2,1-5H3,(H,26,29)/t22-/m0/s1. The second-order valence-electron chi connectivity index (χ2n) is 8.28. The SMILES string of the molecule is COc1cccc([C@@H](c2c(NC(=O)c3cccs3)sc(C)c2C)N2CCN(C)CC2)c1OC. The Morgan fingerprint density at radius 2 is 1.82 bits per heavy atom. The Morgan fingerprint density at radius 3 is 2.45 bits per heavy atom. The quantitative estimate of drug-likeness (QED) is 0.509. The predicted molar refractivity (Wildman–Crippen MR) is 137 cm³/mol. The van der Waals surface area contributed by atoms with Crippen molar-refractivity contribution in [1.82, 2.24) is 9.80 Å². The first-order valence-electron chi connectivity index (χ1n) is 11.0. The summed E-state index contributed by atoms with van der Waals surface area (Å²) in [5.41, 5.74) is 3.39. The number of anilines is 1. The number of hydrogen-bond acceptors (Lipinski definition) is 7. The molecule has 0 bridgehead atoms. The molecule has 1 saturated heterocycles. The second kappa shape index (κ2) is 10.3. The Hall–Kier alpha value is -2.39. The van der Waals surface area contributed by atoms with E-state index in [1.807, 2.05) is 29.6 Å². The number of likely N-dealkylation sites (N-methyl/N-ethyl adjacent to an activating group) is 1. The molecule has 0 saturated carbocycles. The van der Waals surface area contributed by atoms with Gasteiger partial charge in [-0.25, -0.2) is 0 Å². The summed E-state index contributed by atoms with van der Waals surface area (Å²) in [6.07, 6.45) is 0. The van der Waals surface area contributed by atoms with Gasteiger partial charge < -0.3 is 19.7 Å². The van der Waals surface area contributed by atoms with Crippen LogP contribution < -0.4 is 14.8 Å². The number of amides is 1. The van der Waals surface area contributed by atoms with Gasteiger partial charge in [-0.2, -0.15) is 0 Å². The lowest BCUT2D eigenvalue weighted by atomic mass is 9.93. The molecule has 1 aliphatic heterocycles. The zero-order valence-corrected chi connectivity index (χ0v) is 21.4. The zero-order valence-electron chi connectivity index (χ0n) is 19.8. The van der Waals surface area contributed by atoms with Gasteiger partial charge in [0, 0.05) is 42.2 Å². The zero-order chi connectivity index (χ0) is 23.5. The fourth-order valence-corrected chi connectivity index (χ4v) is 6.09. The largest absolute Gasteiger partial charge is 0.493 e. The smallest absolute Gasteiger partial charge is 0.266 e. The minimum atomic E-state index is -0.0674.